The van der Waals surface area contributed by atoms with E-state index in [1.807, 2.05) is 19.1 Å². The van der Waals surface area contributed by atoms with Crippen LogP contribution in [0, 0.1) is 20.8 Å². The largest absolute Gasteiger partial charge is 0.370 e. The third-order valence-electron chi connectivity index (χ3n) is 4.32. The maximum Gasteiger partial charge on any atom is 0.246 e. The van der Waals surface area contributed by atoms with E-state index < -0.39 is 27.9 Å². The van der Waals surface area contributed by atoms with Gasteiger partial charge < -0.3 is 10.5 Å². The van der Waals surface area contributed by atoms with E-state index in [4.69, 9.17) is 10.5 Å². The normalized spacial score (nSPS) is 27.5. The molecule has 0 aromatic heterocycles. The molecule has 0 radical (unpaired) electrons. The minimum absolute atomic E-state index is 0.159. The first-order valence-corrected chi connectivity index (χ1v) is 8.93. The number of piperazine rings is 1. The number of carbonyl (C=O) groups excluding carboxylic acids is 1. The second-order valence-corrected chi connectivity index (χ2v) is 8.04. The Morgan fingerprint density at radius 3 is 2.57 bits per heavy atom. The van der Waals surface area contributed by atoms with Crippen LogP contribution in [0.2, 0.25) is 0 Å². The van der Waals surface area contributed by atoms with Gasteiger partial charge >= 0.3 is 0 Å². The van der Waals surface area contributed by atoms with Crippen LogP contribution in [-0.2, 0) is 19.6 Å². The summed E-state index contributed by atoms with van der Waals surface area (Å²) in [6.07, 6.45) is -0.641. The lowest BCUT2D eigenvalue weighted by Gasteiger charge is -2.32. The number of primary amides is 1. The molecular formula is C15H21N3O4S. The fraction of sp³-hybridized carbons (Fsp3) is 0.533. The number of ether oxygens (including phenoxy) is 1. The lowest BCUT2D eigenvalue weighted by molar-refractivity contribution is -0.120. The number of amides is 1. The van der Waals surface area contributed by atoms with Crippen LogP contribution in [0.4, 0.5) is 0 Å². The molecule has 1 amide bonds. The molecule has 0 aliphatic carbocycles. The molecule has 0 spiro atoms. The van der Waals surface area contributed by atoms with Gasteiger partial charge in [-0.1, -0.05) is 17.7 Å². The Morgan fingerprint density at radius 1 is 1.39 bits per heavy atom. The lowest BCUT2D eigenvalue weighted by atomic mass is 10.1. The average molecular weight is 339 g/mol. The van der Waals surface area contributed by atoms with Crippen LogP contribution >= 0.6 is 0 Å². The molecule has 23 heavy (non-hydrogen) atoms. The molecule has 3 rings (SSSR count). The minimum atomic E-state index is -3.79. The van der Waals surface area contributed by atoms with E-state index in [9.17, 15) is 13.2 Å². The lowest BCUT2D eigenvalue weighted by Crippen LogP contribution is -2.55. The molecule has 0 bridgehead atoms. The predicted molar refractivity (Wildman–Crippen MR) is 84.0 cm³/mol. The van der Waals surface area contributed by atoms with E-state index >= 15 is 0 Å². The monoisotopic (exact) mass is 339 g/mol. The van der Waals surface area contributed by atoms with Crippen molar-refractivity contribution in [3.63, 3.8) is 0 Å². The first kappa shape index (κ1) is 16.4. The zero-order valence-electron chi connectivity index (χ0n) is 13.4. The number of aryl methyl sites for hydroxylation is 3. The highest BCUT2D eigenvalue weighted by atomic mass is 32.2. The maximum atomic E-state index is 13.2. The van der Waals surface area contributed by atoms with E-state index in [1.165, 1.54) is 4.31 Å². The number of rotatable bonds is 4. The van der Waals surface area contributed by atoms with Crippen LogP contribution in [0.1, 0.15) is 23.1 Å². The number of carbonyl (C=O) groups is 1. The van der Waals surface area contributed by atoms with Gasteiger partial charge in [0.05, 0.1) is 11.3 Å². The van der Waals surface area contributed by atoms with E-state index in [0.717, 1.165) is 5.56 Å². The van der Waals surface area contributed by atoms with Crippen LogP contribution in [-0.4, -0.2) is 43.7 Å². The van der Waals surface area contributed by atoms with Gasteiger partial charge in [0.25, 0.3) is 0 Å². The number of nitrogens with two attached hydrogens (primary N) is 1. The number of fused-ring (bicyclic) bond motifs is 1. The summed E-state index contributed by atoms with van der Waals surface area (Å²) in [7, 11) is -3.79. The van der Waals surface area contributed by atoms with Crippen LogP contribution in [0.15, 0.2) is 17.0 Å². The molecule has 8 heteroatoms. The zero-order chi connectivity index (χ0) is 17.0. The molecule has 2 unspecified atom stereocenters. The van der Waals surface area contributed by atoms with Gasteiger partial charge in [-0.05, 0) is 31.9 Å². The highest BCUT2D eigenvalue weighted by Gasteiger charge is 2.66. The Labute approximate surface area is 135 Å². The van der Waals surface area contributed by atoms with Gasteiger partial charge in [-0.2, -0.15) is 4.31 Å². The van der Waals surface area contributed by atoms with Crippen molar-refractivity contribution in [1.29, 1.82) is 0 Å². The third-order valence-corrected chi connectivity index (χ3v) is 6.55. The molecule has 2 aliphatic heterocycles. The molecule has 0 saturated carbocycles. The summed E-state index contributed by atoms with van der Waals surface area (Å²) >= 11 is 0. The Balaban J connectivity index is 2.07. The number of hydrogen-bond donors (Lipinski definition) is 2. The van der Waals surface area contributed by atoms with Gasteiger partial charge in [0.2, 0.25) is 15.9 Å². The molecule has 2 atom stereocenters. The van der Waals surface area contributed by atoms with Crippen molar-refractivity contribution in [2.45, 2.75) is 44.0 Å². The number of hydrogen-bond acceptors (Lipinski definition) is 5. The van der Waals surface area contributed by atoms with Gasteiger partial charge in [-0.15, -0.1) is 0 Å². The van der Waals surface area contributed by atoms with Crippen molar-refractivity contribution in [1.82, 2.24) is 9.62 Å². The fourth-order valence-corrected chi connectivity index (χ4v) is 5.62. The summed E-state index contributed by atoms with van der Waals surface area (Å²) in [5.74, 6) is -0.589. The van der Waals surface area contributed by atoms with Gasteiger partial charge in [0, 0.05) is 13.1 Å². The van der Waals surface area contributed by atoms with Crippen molar-refractivity contribution in [3.05, 3.63) is 28.8 Å². The Morgan fingerprint density at radius 2 is 2.00 bits per heavy atom. The first-order chi connectivity index (χ1) is 10.7. The first-order valence-electron chi connectivity index (χ1n) is 7.49. The topological polar surface area (TPSA) is 105 Å². The molecule has 2 aliphatic rings. The van der Waals surface area contributed by atoms with Crippen molar-refractivity contribution in [2.75, 3.05) is 13.1 Å². The molecule has 1 aromatic carbocycles. The molecule has 7 nitrogen and oxygen atoms in total. The molecule has 2 heterocycles. The molecule has 126 valence electrons. The Kier molecular flexibility index (Phi) is 3.75. The quantitative estimate of drug-likeness (QED) is 0.759. The van der Waals surface area contributed by atoms with E-state index in [1.54, 1.807) is 13.8 Å². The smallest absolute Gasteiger partial charge is 0.246 e. The second-order valence-electron chi connectivity index (χ2n) is 6.24. The minimum Gasteiger partial charge on any atom is -0.370 e. The molecular weight excluding hydrogens is 318 g/mol. The standard InChI is InChI=1S/C15H21N3O4S/c1-9-6-10(2)13(11(3)7-9)23(20,21)18-5-4-17-14-15(18,22-14)8-12(16)19/h6-7,14,17H,4-5,8H2,1-3H3,(H2,16,19). The second kappa shape index (κ2) is 5.27. The predicted octanol–water partition coefficient (Wildman–Crippen LogP) is 0.134. The van der Waals surface area contributed by atoms with Gasteiger partial charge in [-0.3, -0.25) is 10.1 Å². The van der Waals surface area contributed by atoms with E-state index in [-0.39, 0.29) is 17.9 Å². The molecule has 1 aromatic rings. The highest BCUT2D eigenvalue weighted by Crippen LogP contribution is 2.46. The SMILES string of the molecule is Cc1cc(C)c(S(=O)(=O)N2CCNC3OC32CC(N)=O)c(C)c1. The maximum absolute atomic E-state index is 13.2. The van der Waals surface area contributed by atoms with Crippen molar-refractivity contribution in [3.8, 4) is 0 Å². The summed E-state index contributed by atoms with van der Waals surface area (Å²) in [4.78, 5) is 11.7. The Hall–Kier alpha value is -1.48. The summed E-state index contributed by atoms with van der Waals surface area (Å²) in [6.45, 7) is 6.19. The van der Waals surface area contributed by atoms with E-state index in [2.05, 4.69) is 5.32 Å². The molecule has 2 fully saturated rings. The van der Waals surface area contributed by atoms with Gasteiger partial charge in [-0.25, -0.2) is 8.42 Å². The molecule has 2 saturated heterocycles. The summed E-state index contributed by atoms with van der Waals surface area (Å²) in [6, 6.07) is 3.68. The average Bonchev–Trinajstić information content (AvgIpc) is 3.08. The highest BCUT2D eigenvalue weighted by molar-refractivity contribution is 7.89. The summed E-state index contributed by atoms with van der Waals surface area (Å²) in [5.41, 5.74) is 6.48. The fourth-order valence-electron chi connectivity index (χ4n) is 3.53. The van der Waals surface area contributed by atoms with Crippen molar-refractivity contribution >= 4 is 15.9 Å². The van der Waals surface area contributed by atoms with Crippen molar-refractivity contribution in [2.24, 2.45) is 5.73 Å². The van der Waals surface area contributed by atoms with Gasteiger partial charge in [0.15, 0.2) is 12.0 Å². The van der Waals surface area contributed by atoms with Crippen LogP contribution < -0.4 is 11.1 Å². The van der Waals surface area contributed by atoms with E-state index in [0.29, 0.717) is 17.7 Å². The molecule has 3 N–H and O–H groups in total. The van der Waals surface area contributed by atoms with Crippen LogP contribution in [0.25, 0.3) is 0 Å². The van der Waals surface area contributed by atoms with Gasteiger partial charge in [0.1, 0.15) is 0 Å². The number of sulfonamides is 1. The van der Waals surface area contributed by atoms with Crippen LogP contribution in [0.3, 0.4) is 0 Å². The van der Waals surface area contributed by atoms with Crippen LogP contribution in [0.5, 0.6) is 0 Å². The third kappa shape index (κ3) is 2.55. The summed E-state index contributed by atoms with van der Waals surface area (Å²) in [5, 5.41) is 3.06. The zero-order valence-corrected chi connectivity index (χ0v) is 14.2. The number of benzene rings is 1. The van der Waals surface area contributed by atoms with Crippen molar-refractivity contribution < 1.29 is 17.9 Å². The number of nitrogens with zero attached hydrogens (tertiary/aromatic N) is 1. The summed E-state index contributed by atoms with van der Waals surface area (Å²) < 4.78 is 33.3. The number of epoxide rings is 1. The number of nitrogens with one attached hydrogen (secondary N) is 1. The Bertz CT molecular complexity index is 754.